The molecule has 1 unspecified atom stereocenters. The first-order valence-electron chi connectivity index (χ1n) is 14.1. The van der Waals surface area contributed by atoms with Gasteiger partial charge in [-0.3, -0.25) is 9.59 Å². The number of aliphatic carboxylic acids is 1. The number of likely N-dealkylation sites (tertiary alicyclic amines) is 1. The molecule has 7 nitrogen and oxygen atoms in total. The smallest absolute Gasteiger partial charge is 0.312 e. The zero-order valence-electron chi connectivity index (χ0n) is 21.8. The van der Waals surface area contributed by atoms with Gasteiger partial charge in [-0.1, -0.05) is 24.3 Å². The largest absolute Gasteiger partial charge is 0.481 e. The predicted molar refractivity (Wildman–Crippen MR) is 145 cm³/mol. The molecular weight excluding hydrogens is 464 g/mol. The summed E-state index contributed by atoms with van der Waals surface area (Å²) in [5, 5.41) is 16.4. The van der Waals surface area contributed by atoms with Gasteiger partial charge in [-0.05, 0) is 106 Å². The average Bonchev–Trinajstić information content (AvgIpc) is 2.93. The number of aryl methyl sites for hydroxylation is 3. The number of rotatable bonds is 9. The van der Waals surface area contributed by atoms with Crippen LogP contribution in [0, 0.1) is 5.92 Å². The Balaban J connectivity index is 1.12. The van der Waals surface area contributed by atoms with E-state index in [-0.39, 0.29) is 18.4 Å². The van der Waals surface area contributed by atoms with Crippen molar-refractivity contribution < 1.29 is 14.7 Å². The summed E-state index contributed by atoms with van der Waals surface area (Å²) in [5.74, 6) is -0.609. The number of aromatic nitrogens is 1. The van der Waals surface area contributed by atoms with Crippen LogP contribution in [0.25, 0.3) is 0 Å². The lowest BCUT2D eigenvalue weighted by Crippen LogP contribution is -2.44. The third-order valence-corrected chi connectivity index (χ3v) is 8.32. The van der Waals surface area contributed by atoms with Crippen molar-refractivity contribution in [3.63, 3.8) is 0 Å². The standard InChI is InChI=1S/C30H40N4O3/c35-29(32-19-27(30(36)37)26-13-3-8-21-7-1-2-12-25(21)26)23-10-5-17-34(20-23)18-6-11-24-15-14-22-9-4-16-31-28(22)33-24/h3,8,13-15,23,27H,1-2,4-7,9-12,16-20H2,(H,31,33)(H,32,35)(H,36,37)/t23-,27?/m1/s1. The zero-order chi connectivity index (χ0) is 25.6. The normalized spacial score (nSPS) is 20.3. The Hall–Kier alpha value is -2.93. The molecule has 0 radical (unpaired) electrons. The molecule has 1 fully saturated rings. The lowest BCUT2D eigenvalue weighted by Gasteiger charge is -2.32. The number of carbonyl (C=O) groups excluding carboxylic acids is 1. The molecule has 1 saturated heterocycles. The average molecular weight is 505 g/mol. The van der Waals surface area contributed by atoms with Crippen molar-refractivity contribution in [2.75, 3.05) is 38.0 Å². The maximum atomic E-state index is 13.1. The highest BCUT2D eigenvalue weighted by atomic mass is 16.4. The SMILES string of the molecule is O=C(O)C(CNC(=O)[C@@H]1CCCN(CCCc2ccc3c(n2)NCCC3)C1)c1cccc2c1CCCC2. The minimum Gasteiger partial charge on any atom is -0.481 e. The Morgan fingerprint density at radius 1 is 1.08 bits per heavy atom. The fourth-order valence-electron chi connectivity index (χ4n) is 6.28. The third-order valence-electron chi connectivity index (χ3n) is 8.32. The van der Waals surface area contributed by atoms with E-state index in [2.05, 4.69) is 33.7 Å². The van der Waals surface area contributed by atoms with Crippen LogP contribution in [0.2, 0.25) is 0 Å². The van der Waals surface area contributed by atoms with E-state index in [9.17, 15) is 14.7 Å². The molecule has 1 aliphatic carbocycles. The van der Waals surface area contributed by atoms with Crippen molar-refractivity contribution in [3.05, 3.63) is 58.3 Å². The number of nitrogens with one attached hydrogen (secondary N) is 2. The van der Waals surface area contributed by atoms with Crippen LogP contribution in [-0.4, -0.2) is 59.6 Å². The molecule has 0 saturated carbocycles. The highest BCUT2D eigenvalue weighted by Crippen LogP contribution is 2.30. The second-order valence-electron chi connectivity index (χ2n) is 10.9. The lowest BCUT2D eigenvalue weighted by molar-refractivity contribution is -0.138. The van der Waals surface area contributed by atoms with Gasteiger partial charge in [0.15, 0.2) is 0 Å². The molecule has 7 heteroatoms. The first kappa shape index (κ1) is 25.7. The van der Waals surface area contributed by atoms with Crippen molar-refractivity contribution in [3.8, 4) is 0 Å². The molecule has 2 aromatic rings. The van der Waals surface area contributed by atoms with Gasteiger partial charge in [0, 0.05) is 25.3 Å². The van der Waals surface area contributed by atoms with Gasteiger partial charge in [0.2, 0.25) is 5.91 Å². The van der Waals surface area contributed by atoms with Crippen LogP contribution < -0.4 is 10.6 Å². The Labute approximate surface area is 220 Å². The molecule has 1 aromatic heterocycles. The minimum absolute atomic E-state index is 0.0109. The van der Waals surface area contributed by atoms with Crippen LogP contribution in [0.4, 0.5) is 5.82 Å². The number of amides is 1. The number of anilines is 1. The molecule has 198 valence electrons. The summed E-state index contributed by atoms with van der Waals surface area (Å²) in [4.78, 5) is 32.4. The number of benzene rings is 1. The summed E-state index contributed by atoms with van der Waals surface area (Å²) in [6, 6.07) is 10.4. The van der Waals surface area contributed by atoms with Crippen LogP contribution in [0.1, 0.15) is 72.4 Å². The maximum Gasteiger partial charge on any atom is 0.312 e. The lowest BCUT2D eigenvalue weighted by atomic mass is 9.83. The quantitative estimate of drug-likeness (QED) is 0.479. The maximum absolute atomic E-state index is 13.1. The van der Waals surface area contributed by atoms with Gasteiger partial charge in [0.25, 0.3) is 0 Å². The summed E-state index contributed by atoms with van der Waals surface area (Å²) in [6.07, 6.45) is 10.3. The molecule has 2 atom stereocenters. The highest BCUT2D eigenvalue weighted by Gasteiger charge is 2.29. The van der Waals surface area contributed by atoms with Crippen LogP contribution >= 0.6 is 0 Å². The molecular formula is C30H40N4O3. The van der Waals surface area contributed by atoms with Crippen molar-refractivity contribution >= 4 is 17.7 Å². The van der Waals surface area contributed by atoms with Crippen molar-refractivity contribution in [1.82, 2.24) is 15.2 Å². The number of fused-ring (bicyclic) bond motifs is 2. The van der Waals surface area contributed by atoms with E-state index < -0.39 is 11.9 Å². The number of pyridine rings is 1. The van der Waals surface area contributed by atoms with E-state index in [0.717, 1.165) is 101 Å². The Kier molecular flexibility index (Phi) is 8.39. The highest BCUT2D eigenvalue weighted by molar-refractivity contribution is 5.81. The molecule has 3 N–H and O–H groups in total. The molecule has 3 heterocycles. The van der Waals surface area contributed by atoms with Gasteiger partial charge < -0.3 is 20.6 Å². The molecule has 1 amide bonds. The first-order chi connectivity index (χ1) is 18.1. The summed E-state index contributed by atoms with van der Waals surface area (Å²) >= 11 is 0. The number of carbonyl (C=O) groups is 2. The van der Waals surface area contributed by atoms with Crippen molar-refractivity contribution in [1.29, 1.82) is 0 Å². The number of carboxylic acid groups (broad SMARTS) is 1. The van der Waals surface area contributed by atoms with E-state index in [1.807, 2.05) is 12.1 Å². The van der Waals surface area contributed by atoms with Gasteiger partial charge in [0.1, 0.15) is 5.82 Å². The van der Waals surface area contributed by atoms with E-state index >= 15 is 0 Å². The fourth-order valence-corrected chi connectivity index (χ4v) is 6.28. The molecule has 37 heavy (non-hydrogen) atoms. The van der Waals surface area contributed by atoms with E-state index in [0.29, 0.717) is 0 Å². The van der Waals surface area contributed by atoms with Gasteiger partial charge in [0.05, 0.1) is 11.8 Å². The first-order valence-corrected chi connectivity index (χ1v) is 14.1. The van der Waals surface area contributed by atoms with Crippen molar-refractivity contribution in [2.24, 2.45) is 5.92 Å². The van der Waals surface area contributed by atoms with E-state index in [1.165, 1.54) is 23.1 Å². The van der Waals surface area contributed by atoms with E-state index in [4.69, 9.17) is 4.98 Å². The Morgan fingerprint density at radius 2 is 1.95 bits per heavy atom. The molecule has 5 rings (SSSR count). The second-order valence-corrected chi connectivity index (χ2v) is 10.9. The summed E-state index contributed by atoms with van der Waals surface area (Å²) in [5.41, 5.74) is 5.77. The fraction of sp³-hybridized carbons (Fsp3) is 0.567. The van der Waals surface area contributed by atoms with Crippen LogP contribution in [0.3, 0.4) is 0 Å². The minimum atomic E-state index is -0.865. The predicted octanol–water partition coefficient (Wildman–Crippen LogP) is 3.95. The number of hydrogen-bond donors (Lipinski definition) is 3. The Morgan fingerprint density at radius 3 is 2.84 bits per heavy atom. The van der Waals surface area contributed by atoms with Gasteiger partial charge in [-0.15, -0.1) is 0 Å². The number of hydrogen-bond acceptors (Lipinski definition) is 5. The number of carboxylic acids is 1. The third kappa shape index (κ3) is 6.32. The van der Waals surface area contributed by atoms with Gasteiger partial charge in [-0.25, -0.2) is 4.98 Å². The summed E-state index contributed by atoms with van der Waals surface area (Å²) < 4.78 is 0. The monoisotopic (exact) mass is 504 g/mol. The summed E-state index contributed by atoms with van der Waals surface area (Å²) in [6.45, 7) is 3.85. The molecule has 0 spiro atoms. The molecule has 3 aliphatic rings. The van der Waals surface area contributed by atoms with Crippen LogP contribution in [0.5, 0.6) is 0 Å². The zero-order valence-corrected chi connectivity index (χ0v) is 21.8. The number of piperidine rings is 1. The summed E-state index contributed by atoms with van der Waals surface area (Å²) in [7, 11) is 0. The van der Waals surface area contributed by atoms with Crippen LogP contribution in [0.15, 0.2) is 30.3 Å². The molecule has 1 aromatic carbocycles. The van der Waals surface area contributed by atoms with Crippen molar-refractivity contribution in [2.45, 2.75) is 70.1 Å². The second kappa shape index (κ2) is 12.1. The van der Waals surface area contributed by atoms with E-state index in [1.54, 1.807) is 0 Å². The van der Waals surface area contributed by atoms with Gasteiger partial charge in [-0.2, -0.15) is 0 Å². The Bertz CT molecular complexity index is 1120. The van der Waals surface area contributed by atoms with Gasteiger partial charge >= 0.3 is 5.97 Å². The molecule has 2 aliphatic heterocycles. The molecule has 0 bridgehead atoms. The van der Waals surface area contributed by atoms with Crippen LogP contribution in [-0.2, 0) is 35.3 Å². The number of nitrogens with zero attached hydrogens (tertiary/aromatic N) is 2. The topological polar surface area (TPSA) is 94.6 Å².